The summed E-state index contributed by atoms with van der Waals surface area (Å²) in [7, 11) is 1.38. The van der Waals surface area contributed by atoms with Crippen molar-refractivity contribution in [2.45, 2.75) is 12.1 Å². The molecule has 0 aromatic heterocycles. The third kappa shape index (κ3) is 3.32. The Kier molecular flexibility index (Phi) is 5.82. The smallest absolute Gasteiger partial charge is 0.385 e. The average molecular weight is 220 g/mol. The van der Waals surface area contributed by atoms with Gasteiger partial charge in [0.2, 0.25) is 0 Å². The molecule has 0 aliphatic carbocycles. The molecule has 0 saturated carbocycles. The van der Waals surface area contributed by atoms with Crippen LogP contribution < -0.4 is 0 Å². The topological polar surface area (TPSA) is 65.0 Å². The first kappa shape index (κ1) is 13.5. The second-order valence-electron chi connectivity index (χ2n) is 2.62. The van der Waals surface area contributed by atoms with E-state index < -0.39 is 20.7 Å². The number of rotatable bonds is 7. The van der Waals surface area contributed by atoms with E-state index in [0.29, 0.717) is 0 Å². The summed E-state index contributed by atoms with van der Waals surface area (Å²) in [6.07, 6.45) is -0.121. The first-order valence-electron chi connectivity index (χ1n) is 4.05. The lowest BCUT2D eigenvalue weighted by atomic mass is 10.2. The van der Waals surface area contributed by atoms with Crippen LogP contribution in [0.3, 0.4) is 0 Å². The maximum absolute atomic E-state index is 11.0. The molecule has 6 heteroatoms. The predicted molar refractivity (Wildman–Crippen MR) is 52.8 cm³/mol. The molecule has 1 unspecified atom stereocenters. The molecule has 0 bridgehead atoms. The van der Waals surface area contributed by atoms with Gasteiger partial charge in [-0.15, -0.1) is 0 Å². The van der Waals surface area contributed by atoms with Gasteiger partial charge < -0.3 is 18.4 Å². The van der Waals surface area contributed by atoms with Crippen LogP contribution in [-0.4, -0.2) is 47.1 Å². The number of ketones is 1. The highest BCUT2D eigenvalue weighted by molar-refractivity contribution is 6.61. The molecule has 0 rings (SSSR count). The summed E-state index contributed by atoms with van der Waals surface area (Å²) in [6.45, 7) is 3.27. The van der Waals surface area contributed by atoms with Crippen LogP contribution in [0.2, 0.25) is 6.04 Å². The fourth-order valence-electron chi connectivity index (χ4n) is 0.973. The Balaban J connectivity index is 4.43. The highest BCUT2D eigenvalue weighted by Gasteiger charge is 2.41. The number of aliphatic hydroxyl groups is 1. The fraction of sp³-hybridized carbons (Fsp3) is 0.625. The van der Waals surface area contributed by atoms with Crippen molar-refractivity contribution in [1.82, 2.24) is 0 Å². The Morgan fingerprint density at radius 1 is 1.43 bits per heavy atom. The number of carbonyl (C=O) groups excluding carboxylic acids is 1. The lowest BCUT2D eigenvalue weighted by molar-refractivity contribution is -0.121. The van der Waals surface area contributed by atoms with Crippen molar-refractivity contribution < 1.29 is 23.2 Å². The minimum Gasteiger partial charge on any atom is -0.385 e. The fourth-order valence-corrected chi connectivity index (χ4v) is 2.65. The highest BCUT2D eigenvalue weighted by Crippen LogP contribution is 2.15. The molecule has 0 aromatic carbocycles. The molecule has 0 spiro atoms. The van der Waals surface area contributed by atoms with Gasteiger partial charge >= 0.3 is 8.80 Å². The van der Waals surface area contributed by atoms with Crippen LogP contribution in [0.15, 0.2) is 12.7 Å². The number of hydrogen-bond acceptors (Lipinski definition) is 5. The molecule has 0 fully saturated rings. The molecule has 0 aliphatic rings. The Labute approximate surface area is 84.7 Å². The highest BCUT2D eigenvalue weighted by atomic mass is 28.4. The zero-order chi connectivity index (χ0) is 11.2. The summed E-state index contributed by atoms with van der Waals surface area (Å²) < 4.78 is 15.1. The van der Waals surface area contributed by atoms with Crippen molar-refractivity contribution >= 4 is 14.6 Å². The second kappa shape index (κ2) is 6.05. The van der Waals surface area contributed by atoms with E-state index in [2.05, 4.69) is 6.58 Å². The van der Waals surface area contributed by atoms with E-state index in [-0.39, 0.29) is 6.04 Å². The number of carbonyl (C=O) groups is 1. The quantitative estimate of drug-likeness (QED) is 0.482. The Bertz CT molecular complexity index is 194. The minimum absolute atomic E-state index is 0.0291. The molecule has 1 atom stereocenters. The number of aliphatic hydroxyl groups excluding tert-OH is 1. The van der Waals surface area contributed by atoms with Crippen LogP contribution in [0.5, 0.6) is 0 Å². The molecule has 1 N–H and O–H groups in total. The van der Waals surface area contributed by atoms with Gasteiger partial charge in [0.15, 0.2) is 5.78 Å². The summed E-state index contributed by atoms with van der Waals surface area (Å²) >= 11 is 0. The van der Waals surface area contributed by atoms with Crippen LogP contribution in [0.25, 0.3) is 0 Å². The SMILES string of the molecule is C=CC(=O)C(O)C[Si](OC)(OC)OC. The van der Waals surface area contributed by atoms with Crippen LogP contribution in [0, 0.1) is 0 Å². The molecule has 0 amide bonds. The van der Waals surface area contributed by atoms with Crippen LogP contribution >= 0.6 is 0 Å². The standard InChI is InChI=1S/C8H16O5Si/c1-5-7(9)8(10)6-14(11-2,12-3)13-4/h5,8,10H,1,6H2,2-4H3. The van der Waals surface area contributed by atoms with Gasteiger partial charge in [-0.2, -0.15) is 0 Å². The van der Waals surface area contributed by atoms with Gasteiger partial charge in [0.05, 0.1) is 6.04 Å². The maximum atomic E-state index is 11.0. The Hall–Kier alpha value is -0.533. The van der Waals surface area contributed by atoms with Gasteiger partial charge in [-0.3, -0.25) is 4.79 Å². The molecule has 0 radical (unpaired) electrons. The van der Waals surface area contributed by atoms with Crippen molar-refractivity contribution in [1.29, 1.82) is 0 Å². The van der Waals surface area contributed by atoms with Crippen LogP contribution in [0.4, 0.5) is 0 Å². The predicted octanol–water partition coefficient (Wildman–Crippen LogP) is -0.0195. The van der Waals surface area contributed by atoms with Crippen molar-refractivity contribution in [2.24, 2.45) is 0 Å². The van der Waals surface area contributed by atoms with Crippen molar-refractivity contribution in [3.8, 4) is 0 Å². The zero-order valence-electron chi connectivity index (χ0n) is 8.65. The van der Waals surface area contributed by atoms with Gasteiger partial charge in [-0.05, 0) is 6.08 Å². The summed E-state index contributed by atoms with van der Waals surface area (Å²) in [4.78, 5) is 11.0. The maximum Gasteiger partial charge on any atom is 0.503 e. The van der Waals surface area contributed by atoms with Gasteiger partial charge in [0.1, 0.15) is 6.10 Å². The first-order chi connectivity index (χ1) is 6.55. The van der Waals surface area contributed by atoms with Crippen molar-refractivity contribution in [3.05, 3.63) is 12.7 Å². The van der Waals surface area contributed by atoms with Crippen LogP contribution in [0.1, 0.15) is 0 Å². The lowest BCUT2D eigenvalue weighted by Crippen LogP contribution is -2.46. The normalized spacial score (nSPS) is 13.7. The van der Waals surface area contributed by atoms with E-state index in [1.807, 2.05) is 0 Å². The monoisotopic (exact) mass is 220 g/mol. The summed E-state index contributed by atoms with van der Waals surface area (Å²) in [5.41, 5.74) is 0. The van der Waals surface area contributed by atoms with E-state index in [9.17, 15) is 9.90 Å². The molecule has 0 heterocycles. The largest absolute Gasteiger partial charge is 0.503 e. The third-order valence-electron chi connectivity index (χ3n) is 1.91. The second-order valence-corrected chi connectivity index (χ2v) is 5.62. The average Bonchev–Trinajstić information content (AvgIpc) is 2.24. The Morgan fingerprint density at radius 2 is 1.86 bits per heavy atom. The summed E-state index contributed by atoms with van der Waals surface area (Å²) in [5.74, 6) is -0.465. The number of hydrogen-bond donors (Lipinski definition) is 1. The van der Waals surface area contributed by atoms with E-state index >= 15 is 0 Å². The molecule has 0 aromatic rings. The molecular formula is C8H16O5Si. The van der Waals surface area contributed by atoms with Gasteiger partial charge in [-0.1, -0.05) is 6.58 Å². The minimum atomic E-state index is -2.88. The van der Waals surface area contributed by atoms with Gasteiger partial charge in [-0.25, -0.2) is 0 Å². The van der Waals surface area contributed by atoms with Gasteiger partial charge in [0.25, 0.3) is 0 Å². The lowest BCUT2D eigenvalue weighted by Gasteiger charge is -2.25. The Morgan fingerprint density at radius 3 is 2.14 bits per heavy atom. The summed E-state index contributed by atoms with van der Waals surface area (Å²) in [6, 6.07) is 0.0291. The molecule has 0 aliphatic heterocycles. The van der Waals surface area contributed by atoms with E-state index in [4.69, 9.17) is 13.3 Å². The van der Waals surface area contributed by atoms with Crippen LogP contribution in [-0.2, 0) is 18.1 Å². The molecule has 0 saturated heterocycles. The molecule has 82 valence electrons. The van der Waals surface area contributed by atoms with Crippen molar-refractivity contribution in [3.63, 3.8) is 0 Å². The van der Waals surface area contributed by atoms with E-state index in [0.717, 1.165) is 6.08 Å². The molecule has 14 heavy (non-hydrogen) atoms. The van der Waals surface area contributed by atoms with E-state index in [1.54, 1.807) is 0 Å². The summed E-state index contributed by atoms with van der Waals surface area (Å²) in [5, 5.41) is 9.42. The molecule has 5 nitrogen and oxygen atoms in total. The van der Waals surface area contributed by atoms with Gasteiger partial charge in [0, 0.05) is 21.3 Å². The van der Waals surface area contributed by atoms with E-state index in [1.165, 1.54) is 21.3 Å². The third-order valence-corrected chi connectivity index (χ3v) is 4.66. The molecular weight excluding hydrogens is 204 g/mol. The zero-order valence-corrected chi connectivity index (χ0v) is 9.65. The first-order valence-corrected chi connectivity index (χ1v) is 5.98. The van der Waals surface area contributed by atoms with Crippen molar-refractivity contribution in [2.75, 3.05) is 21.3 Å².